The molecule has 0 amide bonds. The van der Waals surface area contributed by atoms with Crippen molar-refractivity contribution >= 4 is 5.97 Å². The van der Waals surface area contributed by atoms with E-state index in [1.807, 2.05) is 24.3 Å². The quantitative estimate of drug-likeness (QED) is 0.501. The molecule has 1 N–H and O–H groups in total. The van der Waals surface area contributed by atoms with E-state index in [0.29, 0.717) is 17.4 Å². The molecule has 2 aliphatic rings. The molecule has 0 aromatic heterocycles. The Morgan fingerprint density at radius 2 is 1.70 bits per heavy atom. The van der Waals surface area contributed by atoms with Crippen LogP contribution in [-0.4, -0.2) is 25.3 Å². The molecule has 3 unspecified atom stereocenters. The predicted octanol–water partition coefficient (Wildman–Crippen LogP) is 5.49. The molecule has 4 heteroatoms. The monoisotopic (exact) mass is 442 g/mol. The van der Waals surface area contributed by atoms with Gasteiger partial charge in [-0.3, -0.25) is 0 Å². The molecule has 3 atom stereocenters. The van der Waals surface area contributed by atoms with Gasteiger partial charge in [0.1, 0.15) is 0 Å². The molecule has 0 saturated heterocycles. The number of hydrogen-bond donors (Lipinski definition) is 1. The molecule has 1 fully saturated rings. The first-order chi connectivity index (χ1) is 16.0. The van der Waals surface area contributed by atoms with Crippen molar-refractivity contribution in [3.63, 3.8) is 0 Å². The van der Waals surface area contributed by atoms with Gasteiger partial charge in [-0.2, -0.15) is 0 Å². The van der Waals surface area contributed by atoms with Gasteiger partial charge in [-0.25, -0.2) is 4.79 Å². The SMILES string of the molecule is COc1cccc(CC2C3Cc4cccc(CCc5ccc(C(=O)O)cc5)c4C23C)c1OC. The molecule has 5 rings (SSSR count). The van der Waals surface area contributed by atoms with E-state index in [9.17, 15) is 4.79 Å². The van der Waals surface area contributed by atoms with Gasteiger partial charge < -0.3 is 14.6 Å². The third-order valence-electron chi connectivity index (χ3n) is 7.94. The number of carboxylic acids is 1. The van der Waals surface area contributed by atoms with Crippen LogP contribution in [0.1, 0.15) is 45.1 Å². The number of ether oxygens (including phenoxy) is 2. The van der Waals surface area contributed by atoms with Crippen LogP contribution in [0.15, 0.2) is 60.7 Å². The summed E-state index contributed by atoms with van der Waals surface area (Å²) in [5.41, 5.74) is 7.40. The van der Waals surface area contributed by atoms with Gasteiger partial charge in [-0.05, 0) is 89.0 Å². The van der Waals surface area contributed by atoms with E-state index in [1.165, 1.54) is 22.3 Å². The van der Waals surface area contributed by atoms with Gasteiger partial charge in [0.15, 0.2) is 11.5 Å². The first kappa shape index (κ1) is 21.6. The van der Waals surface area contributed by atoms with Gasteiger partial charge >= 0.3 is 5.97 Å². The summed E-state index contributed by atoms with van der Waals surface area (Å²) in [6.45, 7) is 2.44. The predicted molar refractivity (Wildman–Crippen MR) is 129 cm³/mol. The fourth-order valence-electron chi connectivity index (χ4n) is 6.18. The van der Waals surface area contributed by atoms with Crippen molar-refractivity contribution in [3.05, 3.63) is 94.0 Å². The van der Waals surface area contributed by atoms with E-state index in [1.54, 1.807) is 31.9 Å². The summed E-state index contributed by atoms with van der Waals surface area (Å²) in [6, 6.07) is 20.2. The Bertz CT molecular complexity index is 1200. The maximum atomic E-state index is 11.1. The van der Waals surface area contributed by atoms with Crippen LogP contribution in [0.5, 0.6) is 11.5 Å². The second-order valence-electron chi connectivity index (χ2n) is 9.51. The molecule has 0 spiro atoms. The molecule has 0 radical (unpaired) electrons. The molecule has 4 nitrogen and oxygen atoms in total. The van der Waals surface area contributed by atoms with Crippen molar-refractivity contribution in [2.75, 3.05) is 14.2 Å². The molecule has 2 aliphatic carbocycles. The van der Waals surface area contributed by atoms with Gasteiger partial charge in [0, 0.05) is 0 Å². The largest absolute Gasteiger partial charge is 0.493 e. The number of carboxylic acid groups (broad SMARTS) is 1. The fraction of sp³-hybridized carbons (Fsp3) is 0.345. The minimum Gasteiger partial charge on any atom is -0.493 e. The van der Waals surface area contributed by atoms with Crippen LogP contribution in [0.25, 0.3) is 0 Å². The average Bonchev–Trinajstić information content (AvgIpc) is 3.23. The number of aryl methyl sites for hydroxylation is 2. The van der Waals surface area contributed by atoms with Crippen molar-refractivity contribution in [2.45, 2.75) is 38.0 Å². The highest BCUT2D eigenvalue weighted by Crippen LogP contribution is 2.68. The number of benzene rings is 3. The summed E-state index contributed by atoms with van der Waals surface area (Å²) in [7, 11) is 3.40. The van der Waals surface area contributed by atoms with Crippen LogP contribution in [-0.2, 0) is 31.1 Å². The third kappa shape index (κ3) is 3.58. The second-order valence-corrected chi connectivity index (χ2v) is 9.51. The molecule has 3 aromatic carbocycles. The van der Waals surface area contributed by atoms with E-state index in [2.05, 4.69) is 31.2 Å². The Hall–Kier alpha value is -3.27. The van der Waals surface area contributed by atoms with Crippen LogP contribution in [0.2, 0.25) is 0 Å². The zero-order chi connectivity index (χ0) is 23.2. The molecular weight excluding hydrogens is 412 g/mol. The van der Waals surface area contributed by atoms with Crippen LogP contribution in [0.3, 0.4) is 0 Å². The summed E-state index contributed by atoms with van der Waals surface area (Å²) in [5.74, 6) is 2.03. The molecule has 1 saturated carbocycles. The van der Waals surface area contributed by atoms with E-state index in [4.69, 9.17) is 14.6 Å². The van der Waals surface area contributed by atoms with E-state index in [-0.39, 0.29) is 5.41 Å². The third-order valence-corrected chi connectivity index (χ3v) is 7.94. The molecule has 0 heterocycles. The van der Waals surface area contributed by atoms with Crippen molar-refractivity contribution in [1.82, 2.24) is 0 Å². The second kappa shape index (κ2) is 8.26. The first-order valence-corrected chi connectivity index (χ1v) is 11.6. The normalized spacial score (nSPS) is 22.4. The maximum absolute atomic E-state index is 11.1. The van der Waals surface area contributed by atoms with Crippen LogP contribution < -0.4 is 9.47 Å². The lowest BCUT2D eigenvalue weighted by atomic mass is 9.85. The topological polar surface area (TPSA) is 55.8 Å². The van der Waals surface area contributed by atoms with Crippen molar-refractivity contribution < 1.29 is 19.4 Å². The lowest BCUT2D eigenvalue weighted by Gasteiger charge is -2.20. The number of para-hydroxylation sites is 1. The fourth-order valence-corrected chi connectivity index (χ4v) is 6.18. The molecule has 3 aromatic rings. The van der Waals surface area contributed by atoms with E-state index >= 15 is 0 Å². The summed E-state index contributed by atoms with van der Waals surface area (Å²) in [5, 5.41) is 9.13. The number of hydrogen-bond acceptors (Lipinski definition) is 3. The Morgan fingerprint density at radius 3 is 2.39 bits per heavy atom. The minimum absolute atomic E-state index is 0.202. The highest BCUT2D eigenvalue weighted by molar-refractivity contribution is 5.87. The van der Waals surface area contributed by atoms with E-state index in [0.717, 1.165) is 37.2 Å². The van der Waals surface area contributed by atoms with Crippen molar-refractivity contribution in [1.29, 1.82) is 0 Å². The summed E-state index contributed by atoms with van der Waals surface area (Å²) < 4.78 is 11.2. The number of rotatable bonds is 8. The standard InChI is InChI=1S/C29H30O4/c1-29-23(24(29)17-22-8-5-9-25(32-2)27(22)33-3)16-21-7-4-6-19(26(21)29)13-10-18-11-14-20(15-12-18)28(30)31/h4-9,11-12,14-15,23-24H,10,13,16-17H2,1-3H3,(H,30,31). The smallest absolute Gasteiger partial charge is 0.335 e. The molecule has 0 aliphatic heterocycles. The Kier molecular flexibility index (Phi) is 5.40. The first-order valence-electron chi connectivity index (χ1n) is 11.6. The highest BCUT2D eigenvalue weighted by atomic mass is 16.5. The van der Waals surface area contributed by atoms with Gasteiger partial charge in [-0.1, -0.05) is 49.4 Å². The lowest BCUT2D eigenvalue weighted by molar-refractivity contribution is 0.0697. The molecular formula is C29H30O4. The van der Waals surface area contributed by atoms with Gasteiger partial charge in [-0.15, -0.1) is 0 Å². The van der Waals surface area contributed by atoms with Crippen LogP contribution >= 0.6 is 0 Å². The van der Waals surface area contributed by atoms with Crippen LogP contribution in [0.4, 0.5) is 0 Å². The number of fused-ring (bicyclic) bond motifs is 3. The maximum Gasteiger partial charge on any atom is 0.335 e. The molecule has 170 valence electrons. The number of methoxy groups -OCH3 is 2. The van der Waals surface area contributed by atoms with Crippen molar-refractivity contribution in [3.8, 4) is 11.5 Å². The van der Waals surface area contributed by atoms with Gasteiger partial charge in [0.05, 0.1) is 19.8 Å². The zero-order valence-corrected chi connectivity index (χ0v) is 19.4. The molecule has 33 heavy (non-hydrogen) atoms. The summed E-state index contributed by atoms with van der Waals surface area (Å²) in [6.07, 6.45) is 4.01. The average molecular weight is 443 g/mol. The lowest BCUT2D eigenvalue weighted by Crippen LogP contribution is -2.12. The number of carbonyl (C=O) groups is 1. The zero-order valence-electron chi connectivity index (χ0n) is 19.4. The summed E-state index contributed by atoms with van der Waals surface area (Å²) >= 11 is 0. The Morgan fingerprint density at radius 1 is 0.970 bits per heavy atom. The van der Waals surface area contributed by atoms with Crippen LogP contribution in [0, 0.1) is 11.8 Å². The highest BCUT2D eigenvalue weighted by Gasteiger charge is 2.65. The Labute approximate surface area is 195 Å². The van der Waals surface area contributed by atoms with Gasteiger partial charge in [0.25, 0.3) is 0 Å². The van der Waals surface area contributed by atoms with Gasteiger partial charge in [0.2, 0.25) is 0 Å². The molecule has 0 bridgehead atoms. The summed E-state index contributed by atoms with van der Waals surface area (Å²) in [4.78, 5) is 11.1. The Balaban J connectivity index is 1.36. The van der Waals surface area contributed by atoms with E-state index < -0.39 is 5.97 Å². The van der Waals surface area contributed by atoms with Crippen molar-refractivity contribution in [2.24, 2.45) is 11.8 Å². The minimum atomic E-state index is -0.881. The number of aromatic carboxylic acids is 1.